The van der Waals surface area contributed by atoms with Crippen molar-refractivity contribution < 1.29 is 14.6 Å². The van der Waals surface area contributed by atoms with Gasteiger partial charge in [-0.3, -0.25) is 9.79 Å². The standard InChI is InChI=1S/C21H36N4O3.HI/c1-6-16(5)25-20(27)11-12-23-21(22-7-2)24-14-19(26)17-9-8-10-18(13-17)28-15(3)4;/h8-10,13,15-16,19,26H,6-7,11-12,14H2,1-5H3,(H,25,27)(H2,22,23,24);1H. The van der Waals surface area contributed by atoms with Gasteiger partial charge < -0.3 is 25.8 Å². The van der Waals surface area contributed by atoms with Crippen molar-refractivity contribution in [2.75, 3.05) is 19.6 Å². The molecule has 7 nitrogen and oxygen atoms in total. The van der Waals surface area contributed by atoms with E-state index in [0.717, 1.165) is 17.7 Å². The minimum absolute atomic E-state index is 0. The summed E-state index contributed by atoms with van der Waals surface area (Å²) in [5.74, 6) is 1.32. The van der Waals surface area contributed by atoms with Crippen LogP contribution < -0.4 is 20.7 Å². The minimum Gasteiger partial charge on any atom is -0.491 e. The predicted octanol–water partition coefficient (Wildman–Crippen LogP) is 2.99. The van der Waals surface area contributed by atoms with Crippen LogP contribution in [0.25, 0.3) is 0 Å². The van der Waals surface area contributed by atoms with Crippen molar-refractivity contribution in [3.05, 3.63) is 29.8 Å². The van der Waals surface area contributed by atoms with Gasteiger partial charge in [0.15, 0.2) is 5.96 Å². The number of aliphatic hydroxyl groups is 1. The van der Waals surface area contributed by atoms with Gasteiger partial charge in [-0.15, -0.1) is 24.0 Å². The molecule has 0 bridgehead atoms. The Hall–Kier alpha value is -1.55. The molecule has 0 aliphatic heterocycles. The van der Waals surface area contributed by atoms with E-state index in [2.05, 4.69) is 20.9 Å². The second-order valence-electron chi connectivity index (χ2n) is 7.03. The third-order valence-corrected chi connectivity index (χ3v) is 4.05. The van der Waals surface area contributed by atoms with E-state index in [-0.39, 0.29) is 48.6 Å². The minimum atomic E-state index is -0.736. The summed E-state index contributed by atoms with van der Waals surface area (Å²) in [6.45, 7) is 11.3. The molecular formula is C21H37IN4O3. The Morgan fingerprint density at radius 1 is 1.21 bits per heavy atom. The number of rotatable bonds is 11. The predicted molar refractivity (Wildman–Crippen MR) is 129 cm³/mol. The van der Waals surface area contributed by atoms with Gasteiger partial charge in [-0.2, -0.15) is 0 Å². The Labute approximate surface area is 192 Å². The van der Waals surface area contributed by atoms with Crippen molar-refractivity contribution in [2.45, 2.75) is 65.7 Å². The van der Waals surface area contributed by atoms with Gasteiger partial charge in [0, 0.05) is 25.6 Å². The highest BCUT2D eigenvalue weighted by molar-refractivity contribution is 14.0. The van der Waals surface area contributed by atoms with Crippen molar-refractivity contribution in [2.24, 2.45) is 4.99 Å². The van der Waals surface area contributed by atoms with Crippen LogP contribution in [0, 0.1) is 0 Å². The van der Waals surface area contributed by atoms with E-state index in [9.17, 15) is 9.90 Å². The second-order valence-corrected chi connectivity index (χ2v) is 7.03. The van der Waals surface area contributed by atoms with Crippen molar-refractivity contribution in [3.63, 3.8) is 0 Å². The number of amides is 1. The number of aliphatic hydroxyl groups excluding tert-OH is 1. The zero-order chi connectivity index (χ0) is 20.9. The highest BCUT2D eigenvalue weighted by Gasteiger charge is 2.10. The molecule has 166 valence electrons. The number of nitrogens with one attached hydrogen (secondary N) is 3. The molecule has 8 heteroatoms. The summed E-state index contributed by atoms with van der Waals surface area (Å²) in [4.78, 5) is 16.3. The summed E-state index contributed by atoms with van der Waals surface area (Å²) in [7, 11) is 0. The SMILES string of the molecule is CCNC(=NCC(O)c1cccc(OC(C)C)c1)NCCC(=O)NC(C)CC.I. The average molecular weight is 520 g/mol. The lowest BCUT2D eigenvalue weighted by Gasteiger charge is -2.15. The van der Waals surface area contributed by atoms with Gasteiger partial charge in [0.1, 0.15) is 5.75 Å². The van der Waals surface area contributed by atoms with E-state index in [1.807, 2.05) is 58.9 Å². The maximum atomic E-state index is 11.8. The average Bonchev–Trinajstić information content (AvgIpc) is 2.65. The molecule has 1 amide bonds. The first kappa shape index (κ1) is 27.5. The molecular weight excluding hydrogens is 483 g/mol. The molecule has 1 aromatic rings. The molecule has 1 rings (SSSR count). The Bertz CT molecular complexity index is 626. The number of halogens is 1. The van der Waals surface area contributed by atoms with E-state index >= 15 is 0 Å². The monoisotopic (exact) mass is 520 g/mol. The third kappa shape index (κ3) is 11.9. The Morgan fingerprint density at radius 3 is 2.55 bits per heavy atom. The van der Waals surface area contributed by atoms with E-state index < -0.39 is 6.10 Å². The molecule has 4 N–H and O–H groups in total. The molecule has 0 saturated heterocycles. The molecule has 29 heavy (non-hydrogen) atoms. The second kappa shape index (κ2) is 15.3. The molecule has 0 aliphatic carbocycles. The smallest absolute Gasteiger partial charge is 0.221 e. The summed E-state index contributed by atoms with van der Waals surface area (Å²) in [5, 5.41) is 19.6. The molecule has 2 unspecified atom stereocenters. The fourth-order valence-corrected chi connectivity index (χ4v) is 2.44. The van der Waals surface area contributed by atoms with Crippen LogP contribution in [0.15, 0.2) is 29.3 Å². The van der Waals surface area contributed by atoms with Gasteiger partial charge in [0.25, 0.3) is 0 Å². The number of carbonyl (C=O) groups excluding carboxylic acids is 1. The fourth-order valence-electron chi connectivity index (χ4n) is 2.44. The number of nitrogens with zero attached hydrogens (tertiary/aromatic N) is 1. The van der Waals surface area contributed by atoms with Crippen LogP contribution in [-0.4, -0.2) is 48.8 Å². The van der Waals surface area contributed by atoms with E-state index in [1.54, 1.807) is 0 Å². The number of hydrogen-bond donors (Lipinski definition) is 4. The van der Waals surface area contributed by atoms with Gasteiger partial charge in [-0.1, -0.05) is 19.1 Å². The Morgan fingerprint density at radius 2 is 1.93 bits per heavy atom. The molecule has 0 fully saturated rings. The van der Waals surface area contributed by atoms with E-state index in [0.29, 0.717) is 25.5 Å². The molecule has 1 aromatic carbocycles. The first-order valence-electron chi connectivity index (χ1n) is 10.1. The summed E-state index contributed by atoms with van der Waals surface area (Å²) >= 11 is 0. The molecule has 0 aliphatic rings. The summed E-state index contributed by atoms with van der Waals surface area (Å²) in [6.07, 6.45) is 0.614. The third-order valence-electron chi connectivity index (χ3n) is 4.05. The van der Waals surface area contributed by atoms with Crippen molar-refractivity contribution in [1.29, 1.82) is 0 Å². The topological polar surface area (TPSA) is 95.0 Å². The summed E-state index contributed by atoms with van der Waals surface area (Å²) in [5.41, 5.74) is 0.755. The molecule has 0 spiro atoms. The van der Waals surface area contributed by atoms with E-state index in [1.165, 1.54) is 0 Å². The van der Waals surface area contributed by atoms with Crippen molar-refractivity contribution in [3.8, 4) is 5.75 Å². The lowest BCUT2D eigenvalue weighted by Crippen LogP contribution is -2.40. The van der Waals surface area contributed by atoms with Crippen LogP contribution in [0.1, 0.15) is 59.1 Å². The molecule has 0 saturated carbocycles. The largest absolute Gasteiger partial charge is 0.491 e. The number of guanidine groups is 1. The zero-order valence-electron chi connectivity index (χ0n) is 18.2. The van der Waals surface area contributed by atoms with Crippen LogP contribution in [0.2, 0.25) is 0 Å². The molecule has 0 radical (unpaired) electrons. The summed E-state index contributed by atoms with van der Waals surface area (Å²) in [6, 6.07) is 7.60. The maximum absolute atomic E-state index is 11.8. The molecule has 2 atom stereocenters. The van der Waals surface area contributed by atoms with E-state index in [4.69, 9.17) is 4.74 Å². The lowest BCUT2D eigenvalue weighted by molar-refractivity contribution is -0.121. The first-order chi connectivity index (χ1) is 13.3. The van der Waals surface area contributed by atoms with Gasteiger partial charge in [-0.25, -0.2) is 0 Å². The van der Waals surface area contributed by atoms with Crippen LogP contribution in [0.5, 0.6) is 5.75 Å². The summed E-state index contributed by atoms with van der Waals surface area (Å²) < 4.78 is 5.67. The molecule has 0 aromatic heterocycles. The van der Waals surface area contributed by atoms with Crippen molar-refractivity contribution in [1.82, 2.24) is 16.0 Å². The number of benzene rings is 1. The van der Waals surface area contributed by atoms with Crippen LogP contribution in [0.4, 0.5) is 0 Å². The van der Waals surface area contributed by atoms with Gasteiger partial charge >= 0.3 is 0 Å². The van der Waals surface area contributed by atoms with Gasteiger partial charge in [-0.05, 0) is 51.8 Å². The van der Waals surface area contributed by atoms with Gasteiger partial charge in [0.05, 0.1) is 18.8 Å². The number of aliphatic imine (C=N–C) groups is 1. The fraction of sp³-hybridized carbons (Fsp3) is 0.619. The Kier molecular flexibility index (Phi) is 14.5. The highest BCUT2D eigenvalue weighted by Crippen LogP contribution is 2.20. The van der Waals surface area contributed by atoms with Crippen LogP contribution >= 0.6 is 24.0 Å². The zero-order valence-corrected chi connectivity index (χ0v) is 20.5. The van der Waals surface area contributed by atoms with Crippen LogP contribution in [-0.2, 0) is 4.79 Å². The lowest BCUT2D eigenvalue weighted by atomic mass is 10.1. The number of hydrogen-bond acceptors (Lipinski definition) is 4. The Balaban J connectivity index is 0.00000784. The van der Waals surface area contributed by atoms with Crippen molar-refractivity contribution >= 4 is 35.8 Å². The molecule has 0 heterocycles. The number of ether oxygens (including phenoxy) is 1. The normalized spacial score (nSPS) is 13.3. The quantitative estimate of drug-likeness (QED) is 0.205. The van der Waals surface area contributed by atoms with Gasteiger partial charge in [0.2, 0.25) is 5.91 Å². The first-order valence-corrected chi connectivity index (χ1v) is 10.1. The highest BCUT2D eigenvalue weighted by atomic mass is 127. The maximum Gasteiger partial charge on any atom is 0.221 e. The van der Waals surface area contributed by atoms with Crippen LogP contribution in [0.3, 0.4) is 0 Å². The number of carbonyl (C=O) groups is 1.